The van der Waals surface area contributed by atoms with Crippen molar-refractivity contribution < 1.29 is 14.7 Å². The summed E-state index contributed by atoms with van der Waals surface area (Å²) >= 11 is 0. The zero-order valence-electron chi connectivity index (χ0n) is 8.69. The second-order valence-corrected chi connectivity index (χ2v) is 3.55. The molecule has 0 saturated heterocycles. The molecule has 4 heteroatoms. The second kappa shape index (κ2) is 5.34. The Bertz CT molecular complexity index is 318. The van der Waals surface area contributed by atoms with Gasteiger partial charge in [0, 0.05) is 13.3 Å². The lowest BCUT2D eigenvalue weighted by Crippen LogP contribution is -2.39. The van der Waals surface area contributed by atoms with Gasteiger partial charge < -0.3 is 10.4 Å². The van der Waals surface area contributed by atoms with Gasteiger partial charge >= 0.3 is 5.97 Å². The van der Waals surface area contributed by atoms with Crippen molar-refractivity contribution >= 4 is 11.9 Å². The Kier molecular flexibility index (Phi) is 4.09. The molecule has 0 saturated carbocycles. The van der Waals surface area contributed by atoms with Gasteiger partial charge in [-0.1, -0.05) is 18.2 Å². The van der Waals surface area contributed by atoms with Gasteiger partial charge in [-0.3, -0.25) is 4.79 Å². The molecule has 0 aliphatic heterocycles. The van der Waals surface area contributed by atoms with Gasteiger partial charge in [0.25, 0.3) is 0 Å². The van der Waals surface area contributed by atoms with Crippen molar-refractivity contribution in [2.24, 2.45) is 0 Å². The number of amides is 1. The van der Waals surface area contributed by atoms with E-state index in [9.17, 15) is 9.59 Å². The minimum absolute atomic E-state index is 0.317. The van der Waals surface area contributed by atoms with Crippen LogP contribution >= 0.6 is 0 Å². The Balaban J connectivity index is 2.58. The molecule has 15 heavy (non-hydrogen) atoms. The summed E-state index contributed by atoms with van der Waals surface area (Å²) in [4.78, 5) is 21.6. The summed E-state index contributed by atoms with van der Waals surface area (Å²) < 4.78 is 0. The third-order valence-corrected chi connectivity index (χ3v) is 2.19. The maximum Gasteiger partial charge on any atom is 0.326 e. The summed E-state index contributed by atoms with van der Waals surface area (Å²) in [6, 6.07) is -0.823. The third kappa shape index (κ3) is 3.97. The molecule has 0 fully saturated rings. The van der Waals surface area contributed by atoms with Crippen LogP contribution in [0, 0.1) is 0 Å². The highest BCUT2D eigenvalue weighted by Crippen LogP contribution is 2.15. The van der Waals surface area contributed by atoms with Crippen LogP contribution in [0.5, 0.6) is 0 Å². The van der Waals surface area contributed by atoms with Gasteiger partial charge in [0.15, 0.2) is 0 Å². The van der Waals surface area contributed by atoms with E-state index in [1.54, 1.807) is 0 Å². The van der Waals surface area contributed by atoms with Gasteiger partial charge in [-0.2, -0.15) is 0 Å². The van der Waals surface area contributed by atoms with E-state index in [4.69, 9.17) is 5.11 Å². The Morgan fingerprint density at radius 2 is 2.27 bits per heavy atom. The fourth-order valence-electron chi connectivity index (χ4n) is 1.50. The number of allylic oxidation sites excluding steroid dienone is 3. The van der Waals surface area contributed by atoms with Gasteiger partial charge in [0.2, 0.25) is 5.91 Å². The minimum atomic E-state index is -0.995. The maximum atomic E-state index is 10.8. The lowest BCUT2D eigenvalue weighted by atomic mass is 10.00. The van der Waals surface area contributed by atoms with Crippen LogP contribution in [-0.2, 0) is 9.59 Å². The molecule has 0 bridgehead atoms. The van der Waals surface area contributed by atoms with Crippen molar-refractivity contribution in [1.29, 1.82) is 0 Å². The highest BCUT2D eigenvalue weighted by Gasteiger charge is 2.19. The highest BCUT2D eigenvalue weighted by atomic mass is 16.4. The molecule has 4 nitrogen and oxygen atoms in total. The number of carbonyl (C=O) groups is 2. The monoisotopic (exact) mass is 209 g/mol. The standard InChI is InChI=1S/C11H15NO3/c1-8(13)12-10(11(14)15)7-9-5-3-2-4-6-9/h3,5-6,10H,2,4,7H2,1H3,(H,12,13)(H,14,15)/t10-/m1/s1. The summed E-state index contributed by atoms with van der Waals surface area (Å²) in [6.07, 6.45) is 8.24. The van der Waals surface area contributed by atoms with Crippen LogP contribution in [0.3, 0.4) is 0 Å². The Hall–Kier alpha value is -1.58. The molecule has 2 N–H and O–H groups in total. The summed E-state index contributed by atoms with van der Waals surface area (Å²) in [5.74, 6) is -1.31. The van der Waals surface area contributed by atoms with Crippen LogP contribution in [0.4, 0.5) is 0 Å². The molecule has 82 valence electrons. The molecular weight excluding hydrogens is 194 g/mol. The molecular formula is C11H15NO3. The van der Waals surface area contributed by atoms with Gasteiger partial charge in [-0.15, -0.1) is 0 Å². The smallest absolute Gasteiger partial charge is 0.326 e. The van der Waals surface area contributed by atoms with Crippen molar-refractivity contribution in [2.45, 2.75) is 32.2 Å². The van der Waals surface area contributed by atoms with Crippen molar-refractivity contribution in [3.63, 3.8) is 0 Å². The first-order valence-corrected chi connectivity index (χ1v) is 4.95. The molecule has 1 rings (SSSR count). The van der Waals surface area contributed by atoms with Crippen LogP contribution in [0.1, 0.15) is 26.2 Å². The van der Waals surface area contributed by atoms with Gasteiger partial charge in [0.1, 0.15) is 6.04 Å². The molecule has 0 heterocycles. The molecule has 0 aromatic rings. The summed E-state index contributed by atoms with van der Waals surface area (Å²) in [7, 11) is 0. The molecule has 0 spiro atoms. The lowest BCUT2D eigenvalue weighted by Gasteiger charge is -2.15. The largest absolute Gasteiger partial charge is 0.480 e. The first-order chi connectivity index (χ1) is 7.09. The molecule has 0 radical (unpaired) electrons. The van der Waals surface area contributed by atoms with E-state index in [2.05, 4.69) is 5.32 Å². The van der Waals surface area contributed by atoms with Crippen LogP contribution in [0.15, 0.2) is 23.8 Å². The number of carboxylic acids is 1. The number of hydrogen-bond acceptors (Lipinski definition) is 2. The van der Waals surface area contributed by atoms with Crippen LogP contribution in [0.25, 0.3) is 0 Å². The van der Waals surface area contributed by atoms with E-state index in [1.165, 1.54) is 6.92 Å². The highest BCUT2D eigenvalue weighted by molar-refractivity contribution is 5.82. The third-order valence-electron chi connectivity index (χ3n) is 2.19. The van der Waals surface area contributed by atoms with Crippen molar-refractivity contribution in [3.05, 3.63) is 23.8 Å². The lowest BCUT2D eigenvalue weighted by molar-refractivity contribution is -0.141. The van der Waals surface area contributed by atoms with E-state index in [0.717, 1.165) is 18.4 Å². The second-order valence-electron chi connectivity index (χ2n) is 3.55. The van der Waals surface area contributed by atoms with Crippen LogP contribution in [0.2, 0.25) is 0 Å². The quantitative estimate of drug-likeness (QED) is 0.732. The van der Waals surface area contributed by atoms with Gasteiger partial charge in [0.05, 0.1) is 0 Å². The molecule has 0 unspecified atom stereocenters. The average molecular weight is 209 g/mol. The van der Waals surface area contributed by atoms with E-state index in [-0.39, 0.29) is 5.91 Å². The average Bonchev–Trinajstić information content (AvgIpc) is 2.17. The van der Waals surface area contributed by atoms with Crippen molar-refractivity contribution in [3.8, 4) is 0 Å². The maximum absolute atomic E-state index is 10.8. The fourth-order valence-corrected chi connectivity index (χ4v) is 1.50. The van der Waals surface area contributed by atoms with Crippen LogP contribution in [-0.4, -0.2) is 23.0 Å². The zero-order chi connectivity index (χ0) is 11.3. The summed E-state index contributed by atoms with van der Waals surface area (Å²) in [5.41, 5.74) is 0.974. The van der Waals surface area contributed by atoms with E-state index < -0.39 is 12.0 Å². The zero-order valence-corrected chi connectivity index (χ0v) is 8.69. The summed E-state index contributed by atoms with van der Waals surface area (Å²) in [5, 5.41) is 11.3. The van der Waals surface area contributed by atoms with Gasteiger partial charge in [-0.25, -0.2) is 4.79 Å². The molecule has 1 atom stereocenters. The van der Waals surface area contributed by atoms with Gasteiger partial charge in [-0.05, 0) is 18.4 Å². The number of carbonyl (C=O) groups excluding carboxylic acids is 1. The fraction of sp³-hybridized carbons (Fsp3) is 0.455. The minimum Gasteiger partial charge on any atom is -0.480 e. The van der Waals surface area contributed by atoms with Crippen molar-refractivity contribution in [2.75, 3.05) is 0 Å². The Morgan fingerprint density at radius 1 is 1.53 bits per heavy atom. The molecule has 0 aromatic carbocycles. The number of carboxylic acid groups (broad SMARTS) is 1. The molecule has 1 aliphatic rings. The van der Waals surface area contributed by atoms with Crippen molar-refractivity contribution in [1.82, 2.24) is 5.32 Å². The first kappa shape index (κ1) is 11.5. The van der Waals surface area contributed by atoms with Crippen LogP contribution < -0.4 is 5.32 Å². The Morgan fingerprint density at radius 3 is 2.73 bits per heavy atom. The normalized spacial score (nSPS) is 16.7. The molecule has 1 amide bonds. The van der Waals surface area contributed by atoms with E-state index in [1.807, 2.05) is 18.2 Å². The first-order valence-electron chi connectivity index (χ1n) is 4.95. The predicted octanol–water partition coefficient (Wildman–Crippen LogP) is 1.24. The molecule has 1 aliphatic carbocycles. The predicted molar refractivity (Wildman–Crippen MR) is 56.3 cm³/mol. The topological polar surface area (TPSA) is 66.4 Å². The number of rotatable bonds is 4. The SMILES string of the molecule is CC(=O)N[C@H](CC1=CCCC=C1)C(=O)O. The molecule has 0 aromatic heterocycles. The number of aliphatic carboxylic acids is 1. The van der Waals surface area contributed by atoms with E-state index >= 15 is 0 Å². The summed E-state index contributed by atoms with van der Waals surface area (Å²) in [6.45, 7) is 1.32. The number of hydrogen-bond donors (Lipinski definition) is 2. The van der Waals surface area contributed by atoms with E-state index in [0.29, 0.717) is 6.42 Å². The number of nitrogens with one attached hydrogen (secondary N) is 1. The Labute approximate surface area is 88.7 Å².